The van der Waals surface area contributed by atoms with Gasteiger partial charge in [-0.2, -0.15) is 0 Å². The Hall–Kier alpha value is -1.14. The first-order valence-electron chi connectivity index (χ1n) is 17.5. The number of hydrogen-bond acceptors (Lipinski definition) is 4. The molecule has 0 aromatic carbocycles. The normalized spacial score (nSPS) is 11.3. The monoisotopic (exact) mass is 567 g/mol. The van der Waals surface area contributed by atoms with Gasteiger partial charge < -0.3 is 20.9 Å². The van der Waals surface area contributed by atoms with Gasteiger partial charge in [0.25, 0.3) is 0 Å². The Bertz CT molecular complexity index is 502. The van der Waals surface area contributed by atoms with Crippen molar-refractivity contribution in [3.05, 3.63) is 0 Å². The second-order valence-corrected chi connectivity index (χ2v) is 11.9. The molecular weight excluding hydrogens is 496 g/mol. The maximum absolute atomic E-state index is 12.4. The first-order valence-corrected chi connectivity index (χ1v) is 17.5. The van der Waals surface area contributed by atoms with Gasteiger partial charge in [-0.1, -0.05) is 129 Å². The molecule has 0 saturated carbocycles. The third kappa shape index (κ3) is 29.8. The molecule has 238 valence electrons. The van der Waals surface area contributed by atoms with Gasteiger partial charge in [0.1, 0.15) is 0 Å². The van der Waals surface area contributed by atoms with Crippen molar-refractivity contribution in [2.24, 2.45) is 0 Å². The predicted octanol–water partition coefficient (Wildman–Crippen LogP) is 7.75. The van der Waals surface area contributed by atoms with Crippen LogP contribution in [0.15, 0.2) is 0 Å². The minimum Gasteiger partial charge on any atom is -0.356 e. The molecule has 0 radical (unpaired) electrons. The van der Waals surface area contributed by atoms with Crippen LogP contribution in [0.1, 0.15) is 162 Å². The molecule has 0 aromatic heterocycles. The fourth-order valence-electron chi connectivity index (χ4n) is 5.19. The van der Waals surface area contributed by atoms with Crippen LogP contribution in [0.4, 0.5) is 0 Å². The molecule has 0 saturated heterocycles. The van der Waals surface area contributed by atoms with Gasteiger partial charge in [0.05, 0.1) is 0 Å². The van der Waals surface area contributed by atoms with E-state index in [2.05, 4.69) is 34.7 Å². The minimum atomic E-state index is 0.139. The van der Waals surface area contributed by atoms with E-state index in [1.54, 1.807) is 0 Å². The molecule has 0 bridgehead atoms. The van der Waals surface area contributed by atoms with Gasteiger partial charge in [-0.25, -0.2) is 0 Å². The van der Waals surface area contributed by atoms with Crippen molar-refractivity contribution in [2.75, 3.05) is 46.3 Å². The summed E-state index contributed by atoms with van der Waals surface area (Å²) in [5.74, 6) is 0.278. The van der Waals surface area contributed by atoms with Gasteiger partial charge in [0, 0.05) is 39.0 Å². The zero-order chi connectivity index (χ0) is 29.4. The predicted molar refractivity (Wildman–Crippen MR) is 174 cm³/mol. The van der Waals surface area contributed by atoms with Crippen molar-refractivity contribution in [1.82, 2.24) is 20.9 Å². The molecule has 0 aromatic rings. The highest BCUT2D eigenvalue weighted by atomic mass is 16.2. The largest absolute Gasteiger partial charge is 0.356 e. The summed E-state index contributed by atoms with van der Waals surface area (Å²) in [6, 6.07) is 0. The third-order valence-corrected chi connectivity index (χ3v) is 7.92. The van der Waals surface area contributed by atoms with E-state index in [4.69, 9.17) is 0 Å². The standard InChI is InChI=1S/C34H70N4O2/c1-4-6-8-10-12-14-16-18-20-22-28-36-33(39)25-31-38(30-24-27-35-3)32-26-34(40)37-29-23-21-19-17-15-13-11-9-7-5-2/h35H,4-32H2,1-3H3,(H,36,39)(H,37,40). The van der Waals surface area contributed by atoms with Crippen LogP contribution >= 0.6 is 0 Å². The molecule has 0 unspecified atom stereocenters. The van der Waals surface area contributed by atoms with Crippen molar-refractivity contribution >= 4 is 11.8 Å². The molecule has 0 aliphatic heterocycles. The van der Waals surface area contributed by atoms with Crippen LogP contribution in [0.2, 0.25) is 0 Å². The Morgan fingerprint density at radius 2 is 0.800 bits per heavy atom. The van der Waals surface area contributed by atoms with E-state index in [0.717, 1.165) is 58.5 Å². The fraction of sp³-hybridized carbons (Fsp3) is 0.941. The van der Waals surface area contributed by atoms with Crippen LogP contribution in [-0.2, 0) is 9.59 Å². The first kappa shape index (κ1) is 38.9. The van der Waals surface area contributed by atoms with Crippen LogP contribution in [0.3, 0.4) is 0 Å². The Labute approximate surface area is 250 Å². The highest BCUT2D eigenvalue weighted by Crippen LogP contribution is 2.11. The van der Waals surface area contributed by atoms with E-state index in [0.29, 0.717) is 12.8 Å². The Morgan fingerprint density at radius 3 is 1.15 bits per heavy atom. The van der Waals surface area contributed by atoms with E-state index in [-0.39, 0.29) is 11.8 Å². The smallest absolute Gasteiger partial charge is 0.221 e. The molecular formula is C34H70N4O2. The van der Waals surface area contributed by atoms with E-state index >= 15 is 0 Å². The first-order chi connectivity index (χ1) is 19.6. The molecule has 40 heavy (non-hydrogen) atoms. The number of hydrogen-bond donors (Lipinski definition) is 3. The second kappa shape index (κ2) is 32.4. The minimum absolute atomic E-state index is 0.139. The number of carbonyl (C=O) groups excluding carboxylic acids is 2. The lowest BCUT2D eigenvalue weighted by Crippen LogP contribution is -2.35. The summed E-state index contributed by atoms with van der Waals surface area (Å²) in [6.45, 7) is 9.42. The maximum atomic E-state index is 12.4. The summed E-state index contributed by atoms with van der Waals surface area (Å²) in [5.41, 5.74) is 0. The van der Waals surface area contributed by atoms with Gasteiger partial charge in [0.2, 0.25) is 11.8 Å². The van der Waals surface area contributed by atoms with Crippen molar-refractivity contribution < 1.29 is 9.59 Å². The lowest BCUT2D eigenvalue weighted by atomic mass is 10.1. The molecule has 0 atom stereocenters. The molecule has 3 N–H and O–H groups in total. The number of unbranched alkanes of at least 4 members (excludes halogenated alkanes) is 18. The summed E-state index contributed by atoms with van der Waals surface area (Å²) >= 11 is 0. The number of nitrogens with zero attached hydrogens (tertiary/aromatic N) is 1. The van der Waals surface area contributed by atoms with Gasteiger partial charge in [0.15, 0.2) is 0 Å². The van der Waals surface area contributed by atoms with Crippen LogP contribution in [0, 0.1) is 0 Å². The summed E-state index contributed by atoms with van der Waals surface area (Å²) in [4.78, 5) is 27.0. The molecule has 0 heterocycles. The van der Waals surface area contributed by atoms with Crippen LogP contribution in [0.5, 0.6) is 0 Å². The quantitative estimate of drug-likeness (QED) is 0.0728. The van der Waals surface area contributed by atoms with Gasteiger partial charge in [-0.3, -0.25) is 9.59 Å². The van der Waals surface area contributed by atoms with Crippen molar-refractivity contribution in [1.29, 1.82) is 0 Å². The molecule has 0 rings (SSSR count). The summed E-state index contributed by atoms with van der Waals surface area (Å²) in [6.07, 6.45) is 28.3. The highest BCUT2D eigenvalue weighted by Gasteiger charge is 2.10. The van der Waals surface area contributed by atoms with Gasteiger partial charge in [-0.15, -0.1) is 0 Å². The number of nitrogens with one attached hydrogen (secondary N) is 3. The van der Waals surface area contributed by atoms with E-state index in [1.807, 2.05) is 7.05 Å². The Balaban J connectivity index is 3.85. The van der Waals surface area contributed by atoms with Crippen LogP contribution in [-0.4, -0.2) is 63.0 Å². The summed E-state index contributed by atoms with van der Waals surface area (Å²) < 4.78 is 0. The second-order valence-electron chi connectivity index (χ2n) is 11.9. The summed E-state index contributed by atoms with van der Waals surface area (Å²) in [5, 5.41) is 9.40. The van der Waals surface area contributed by atoms with Crippen molar-refractivity contribution in [3.8, 4) is 0 Å². The molecule has 6 heteroatoms. The van der Waals surface area contributed by atoms with Crippen molar-refractivity contribution in [3.63, 3.8) is 0 Å². The van der Waals surface area contributed by atoms with E-state index in [1.165, 1.54) is 116 Å². The van der Waals surface area contributed by atoms with Gasteiger partial charge in [-0.05, 0) is 39.4 Å². The van der Waals surface area contributed by atoms with Gasteiger partial charge >= 0.3 is 0 Å². The molecule has 0 spiro atoms. The molecule has 6 nitrogen and oxygen atoms in total. The highest BCUT2D eigenvalue weighted by molar-refractivity contribution is 5.76. The Morgan fingerprint density at radius 1 is 0.450 bits per heavy atom. The maximum Gasteiger partial charge on any atom is 0.221 e. The van der Waals surface area contributed by atoms with Crippen LogP contribution in [0.25, 0.3) is 0 Å². The average Bonchev–Trinajstić information content (AvgIpc) is 2.95. The van der Waals surface area contributed by atoms with Crippen LogP contribution < -0.4 is 16.0 Å². The summed E-state index contributed by atoms with van der Waals surface area (Å²) in [7, 11) is 1.96. The zero-order valence-corrected chi connectivity index (χ0v) is 27.3. The van der Waals surface area contributed by atoms with E-state index in [9.17, 15) is 9.59 Å². The third-order valence-electron chi connectivity index (χ3n) is 7.92. The lowest BCUT2D eigenvalue weighted by Gasteiger charge is -2.22. The number of rotatable bonds is 32. The molecule has 0 fully saturated rings. The SMILES string of the molecule is CCCCCCCCCCCCNC(=O)CCN(CCCNC)CCC(=O)NCCCCCCCCCCCC. The van der Waals surface area contributed by atoms with E-state index < -0.39 is 0 Å². The molecule has 0 aliphatic rings. The Kier molecular flexibility index (Phi) is 31.5. The molecule has 0 aliphatic carbocycles. The molecule has 2 amide bonds. The van der Waals surface area contributed by atoms with Crippen molar-refractivity contribution in [2.45, 2.75) is 162 Å². The average molecular weight is 567 g/mol. The number of amides is 2. The lowest BCUT2D eigenvalue weighted by molar-refractivity contribution is -0.121. The zero-order valence-electron chi connectivity index (χ0n) is 27.3. The number of carbonyl (C=O) groups is 2. The topological polar surface area (TPSA) is 73.5 Å². The fourth-order valence-corrected chi connectivity index (χ4v) is 5.19.